The number of ether oxygens (including phenoxy) is 1. The Balaban J connectivity index is 2.11. The number of carbonyl (C=O) groups is 1. The summed E-state index contributed by atoms with van der Waals surface area (Å²) in [6.07, 6.45) is 6.39. The molecular formula is C17H10Cl2F2N4O3. The van der Waals surface area contributed by atoms with E-state index < -0.39 is 17.9 Å². The van der Waals surface area contributed by atoms with Crippen LogP contribution in [-0.4, -0.2) is 27.7 Å². The van der Waals surface area contributed by atoms with Gasteiger partial charge in [0.15, 0.2) is 17.1 Å². The van der Waals surface area contributed by atoms with E-state index in [-0.39, 0.29) is 44.7 Å². The Hall–Kier alpha value is -2.78. The van der Waals surface area contributed by atoms with Crippen LogP contribution in [0, 0.1) is 0 Å². The van der Waals surface area contributed by atoms with Crippen molar-refractivity contribution in [2.75, 3.05) is 0 Å². The zero-order chi connectivity index (χ0) is 20.1. The van der Waals surface area contributed by atoms with E-state index in [1.54, 1.807) is 0 Å². The third kappa shape index (κ3) is 2.61. The van der Waals surface area contributed by atoms with E-state index in [4.69, 9.17) is 33.4 Å². The second-order valence-corrected chi connectivity index (χ2v) is 6.79. The van der Waals surface area contributed by atoms with Crippen LogP contribution in [0.1, 0.15) is 23.3 Å². The number of rotatable bonds is 4. The van der Waals surface area contributed by atoms with Crippen molar-refractivity contribution < 1.29 is 22.7 Å². The van der Waals surface area contributed by atoms with Gasteiger partial charge in [0, 0.05) is 28.9 Å². The monoisotopic (exact) mass is 426 g/mol. The molecule has 0 saturated carbocycles. The Labute approximate surface area is 166 Å². The van der Waals surface area contributed by atoms with Crippen molar-refractivity contribution in [3.05, 3.63) is 57.8 Å². The van der Waals surface area contributed by atoms with Crippen LogP contribution in [0.2, 0.25) is 10.0 Å². The predicted molar refractivity (Wildman–Crippen MR) is 95.7 cm³/mol. The average Bonchev–Trinajstić information content (AvgIpc) is 3.03. The summed E-state index contributed by atoms with van der Waals surface area (Å²) in [7, 11) is 0. The molecule has 1 atom stereocenters. The highest BCUT2D eigenvalue weighted by Crippen LogP contribution is 2.51. The van der Waals surface area contributed by atoms with Crippen LogP contribution >= 0.6 is 23.2 Å². The Morgan fingerprint density at radius 3 is 2.50 bits per heavy atom. The summed E-state index contributed by atoms with van der Waals surface area (Å²) in [5.41, 5.74) is 4.77. The second-order valence-electron chi connectivity index (χ2n) is 5.97. The molecule has 11 heteroatoms. The third-order valence-corrected chi connectivity index (χ3v) is 5.14. The fraction of sp³-hybridized carbons (Fsp3) is 0.176. The van der Waals surface area contributed by atoms with E-state index >= 15 is 0 Å². The molecule has 0 radical (unpaired) electrons. The van der Waals surface area contributed by atoms with Crippen molar-refractivity contribution in [1.29, 1.82) is 0 Å². The molecule has 1 unspecified atom stereocenters. The van der Waals surface area contributed by atoms with Crippen LogP contribution in [0.3, 0.4) is 0 Å². The summed E-state index contributed by atoms with van der Waals surface area (Å²) in [5, 5.41) is 8.02. The third-order valence-electron chi connectivity index (χ3n) is 4.56. The number of alkyl halides is 2. The first-order valence-corrected chi connectivity index (χ1v) is 8.60. The van der Waals surface area contributed by atoms with Crippen molar-refractivity contribution in [3.8, 4) is 0 Å². The molecule has 3 heterocycles. The van der Waals surface area contributed by atoms with Crippen LogP contribution in [0.4, 0.5) is 8.78 Å². The summed E-state index contributed by atoms with van der Waals surface area (Å²) in [6, 6.07) is 0. The number of carbonyl (C=O) groups excluding carboxylic acids is 1. The van der Waals surface area contributed by atoms with Gasteiger partial charge in [-0.15, -0.1) is 0 Å². The maximum atomic E-state index is 12.9. The van der Waals surface area contributed by atoms with Gasteiger partial charge in [0.25, 0.3) is 0 Å². The van der Waals surface area contributed by atoms with Gasteiger partial charge in [-0.1, -0.05) is 23.2 Å². The number of halogens is 4. The smallest absolute Gasteiger partial charge is 0.387 e. The number of furan rings is 1. The van der Waals surface area contributed by atoms with E-state index in [9.17, 15) is 13.6 Å². The maximum Gasteiger partial charge on any atom is 0.387 e. The standard InChI is InChI=1S/C17H10Cl2F2N4O3/c18-8-4-23-5-9(19)13(8)17(15(22)26)2-1-10(28-16(20)21)14-12(17)7-3-24-25-6-11(7)27-14/h1,3-6,16H,2H2,(H2,22,26). The minimum absolute atomic E-state index is 0.0836. The van der Waals surface area contributed by atoms with Crippen LogP contribution < -0.4 is 5.73 Å². The SMILES string of the molecule is NC(=O)C1(c2c(Cl)cncc2Cl)CC=C(OC(F)F)c2oc3cnncc3c21. The van der Waals surface area contributed by atoms with Gasteiger partial charge in [0.05, 0.1) is 22.4 Å². The fourth-order valence-electron chi connectivity index (χ4n) is 3.49. The highest BCUT2D eigenvalue weighted by atomic mass is 35.5. The number of pyridine rings is 1. The topological polar surface area (TPSA) is 104 Å². The lowest BCUT2D eigenvalue weighted by Crippen LogP contribution is -2.44. The molecule has 4 rings (SSSR count). The molecule has 1 amide bonds. The van der Waals surface area contributed by atoms with Crippen molar-refractivity contribution >= 4 is 45.8 Å². The van der Waals surface area contributed by atoms with Gasteiger partial charge in [-0.2, -0.15) is 19.0 Å². The van der Waals surface area contributed by atoms with Gasteiger partial charge in [0.1, 0.15) is 5.41 Å². The number of hydrogen-bond donors (Lipinski definition) is 1. The number of nitrogens with two attached hydrogens (primary N) is 1. The first-order chi connectivity index (χ1) is 13.4. The molecule has 0 aromatic carbocycles. The number of aromatic nitrogens is 3. The number of amides is 1. The molecule has 3 aromatic heterocycles. The van der Waals surface area contributed by atoms with Gasteiger partial charge in [-0.25, -0.2) is 0 Å². The summed E-state index contributed by atoms with van der Waals surface area (Å²) in [5.74, 6) is -1.14. The summed E-state index contributed by atoms with van der Waals surface area (Å²) in [6.45, 7) is -3.10. The normalized spacial score (nSPS) is 18.8. The molecule has 28 heavy (non-hydrogen) atoms. The lowest BCUT2D eigenvalue weighted by molar-refractivity contribution is -0.122. The maximum absolute atomic E-state index is 12.9. The number of nitrogens with zero attached hydrogens (tertiary/aromatic N) is 3. The number of primary amides is 1. The van der Waals surface area contributed by atoms with Gasteiger partial charge >= 0.3 is 6.61 Å². The highest BCUT2D eigenvalue weighted by Gasteiger charge is 2.50. The van der Waals surface area contributed by atoms with Crippen molar-refractivity contribution in [1.82, 2.24) is 15.2 Å². The fourth-order valence-corrected chi connectivity index (χ4v) is 4.18. The van der Waals surface area contributed by atoms with Crippen molar-refractivity contribution in [2.45, 2.75) is 18.4 Å². The summed E-state index contributed by atoms with van der Waals surface area (Å²) < 4.78 is 36.1. The molecule has 0 aliphatic heterocycles. The summed E-state index contributed by atoms with van der Waals surface area (Å²) >= 11 is 12.6. The number of fused-ring (bicyclic) bond motifs is 3. The predicted octanol–water partition coefficient (Wildman–Crippen LogP) is 3.68. The van der Waals surface area contributed by atoms with Crippen molar-refractivity contribution in [2.24, 2.45) is 5.73 Å². The first kappa shape index (κ1) is 18.6. The molecule has 7 nitrogen and oxygen atoms in total. The minimum atomic E-state index is -3.10. The van der Waals surface area contributed by atoms with Gasteiger partial charge in [-0.3, -0.25) is 9.78 Å². The quantitative estimate of drug-likeness (QED) is 0.682. The number of allylic oxidation sites excluding steroid dienone is 1. The first-order valence-electron chi connectivity index (χ1n) is 7.84. The van der Waals surface area contributed by atoms with E-state index in [1.165, 1.54) is 30.9 Å². The van der Waals surface area contributed by atoms with Crippen LogP contribution in [0.25, 0.3) is 16.7 Å². The molecule has 2 N–H and O–H groups in total. The molecule has 1 aliphatic rings. The Morgan fingerprint density at radius 2 is 1.86 bits per heavy atom. The molecule has 0 fully saturated rings. The largest absolute Gasteiger partial charge is 0.451 e. The van der Waals surface area contributed by atoms with Crippen LogP contribution in [0.5, 0.6) is 0 Å². The molecular weight excluding hydrogens is 417 g/mol. The number of hydrogen-bond acceptors (Lipinski definition) is 6. The molecule has 0 bridgehead atoms. The Kier molecular flexibility index (Phi) is 4.43. The zero-order valence-corrected chi connectivity index (χ0v) is 15.3. The van der Waals surface area contributed by atoms with E-state index in [1.807, 2.05) is 0 Å². The molecule has 0 spiro atoms. The molecule has 144 valence electrons. The van der Waals surface area contributed by atoms with E-state index in [0.717, 1.165) is 0 Å². The van der Waals surface area contributed by atoms with Gasteiger partial charge in [0.2, 0.25) is 5.91 Å². The highest BCUT2D eigenvalue weighted by molar-refractivity contribution is 6.36. The lowest BCUT2D eigenvalue weighted by Gasteiger charge is -2.34. The Morgan fingerprint density at radius 1 is 1.18 bits per heavy atom. The van der Waals surface area contributed by atoms with Crippen molar-refractivity contribution in [3.63, 3.8) is 0 Å². The van der Waals surface area contributed by atoms with Crippen LogP contribution in [-0.2, 0) is 14.9 Å². The molecule has 3 aromatic rings. The van der Waals surface area contributed by atoms with Crippen LogP contribution in [0.15, 0.2) is 35.3 Å². The van der Waals surface area contributed by atoms with E-state index in [2.05, 4.69) is 19.9 Å². The Bertz CT molecular complexity index is 1110. The minimum Gasteiger partial charge on any atom is -0.451 e. The molecule has 1 aliphatic carbocycles. The summed E-state index contributed by atoms with van der Waals surface area (Å²) in [4.78, 5) is 16.7. The van der Waals surface area contributed by atoms with Gasteiger partial charge in [-0.05, 0) is 12.5 Å². The second kappa shape index (κ2) is 6.68. The van der Waals surface area contributed by atoms with E-state index in [0.29, 0.717) is 5.39 Å². The average molecular weight is 427 g/mol. The lowest BCUT2D eigenvalue weighted by atomic mass is 9.68. The molecule has 0 saturated heterocycles. The zero-order valence-electron chi connectivity index (χ0n) is 13.8. The van der Waals surface area contributed by atoms with Gasteiger partial charge < -0.3 is 14.9 Å².